The summed E-state index contributed by atoms with van der Waals surface area (Å²) in [6.45, 7) is 2.38. The number of likely N-dealkylation sites (N-methyl/N-ethyl adjacent to an activating group) is 1. The first-order valence-corrected chi connectivity index (χ1v) is 10.0. The van der Waals surface area contributed by atoms with Gasteiger partial charge in [-0.3, -0.25) is 19.9 Å². The van der Waals surface area contributed by atoms with Gasteiger partial charge in [0.05, 0.1) is 6.54 Å². The van der Waals surface area contributed by atoms with Gasteiger partial charge >= 0.3 is 6.03 Å². The predicted octanol–water partition coefficient (Wildman–Crippen LogP) is 2.15. The molecular weight excluding hydrogens is 376 g/mol. The van der Waals surface area contributed by atoms with Crippen LogP contribution in [0.3, 0.4) is 0 Å². The Labute approximate surface area is 168 Å². The molecule has 2 aromatic rings. The number of carbonyl (C=O) groups excluding carboxylic acids is 3. The standard InChI is InChI=1S/C20H24N4O3S/c1-20(10-8-15-6-4-3-5-7-15)18(26)24(19(27)21-20)22-17(25)13-23(2)12-16-9-11-28-14-16/h3-7,9,11,14H,8,10,12-13H2,1-2H3,(H,21,27)(H,22,25)/t20-/m1/s1. The van der Waals surface area contributed by atoms with Crippen molar-refractivity contribution in [3.63, 3.8) is 0 Å². The Hall–Kier alpha value is -2.71. The van der Waals surface area contributed by atoms with E-state index in [2.05, 4.69) is 10.7 Å². The van der Waals surface area contributed by atoms with Crippen molar-refractivity contribution in [1.29, 1.82) is 0 Å². The van der Waals surface area contributed by atoms with Crippen molar-refractivity contribution in [1.82, 2.24) is 20.7 Å². The first-order chi connectivity index (χ1) is 13.4. The third kappa shape index (κ3) is 4.76. The number of thiophene rings is 1. The number of benzene rings is 1. The molecule has 0 unspecified atom stereocenters. The second-order valence-corrected chi connectivity index (χ2v) is 8.01. The molecule has 2 heterocycles. The topological polar surface area (TPSA) is 81.8 Å². The van der Waals surface area contributed by atoms with Crippen LogP contribution in [0.2, 0.25) is 0 Å². The van der Waals surface area contributed by atoms with Crippen LogP contribution in [0, 0.1) is 0 Å². The molecule has 7 nitrogen and oxygen atoms in total. The van der Waals surface area contributed by atoms with E-state index < -0.39 is 23.4 Å². The molecule has 0 bridgehead atoms. The number of hydrogen-bond donors (Lipinski definition) is 2. The minimum absolute atomic E-state index is 0.0770. The van der Waals surface area contributed by atoms with Crippen LogP contribution in [-0.2, 0) is 22.6 Å². The fourth-order valence-corrected chi connectivity index (χ4v) is 3.81. The largest absolute Gasteiger partial charge is 0.344 e. The first-order valence-electron chi connectivity index (χ1n) is 9.07. The Morgan fingerprint density at radius 2 is 1.96 bits per heavy atom. The molecule has 1 saturated heterocycles. The second-order valence-electron chi connectivity index (χ2n) is 7.23. The van der Waals surface area contributed by atoms with Crippen molar-refractivity contribution in [3.05, 3.63) is 58.3 Å². The smallest absolute Gasteiger partial charge is 0.322 e. The molecule has 148 valence electrons. The lowest BCUT2D eigenvalue weighted by atomic mass is 9.93. The van der Waals surface area contributed by atoms with Crippen LogP contribution in [0.4, 0.5) is 4.79 Å². The maximum absolute atomic E-state index is 12.8. The van der Waals surface area contributed by atoms with Crippen molar-refractivity contribution >= 4 is 29.2 Å². The van der Waals surface area contributed by atoms with Crippen LogP contribution in [-0.4, -0.2) is 46.9 Å². The summed E-state index contributed by atoms with van der Waals surface area (Å²) < 4.78 is 0. The average Bonchev–Trinajstić information content (AvgIpc) is 3.23. The third-order valence-corrected chi connectivity index (χ3v) is 5.43. The highest BCUT2D eigenvalue weighted by molar-refractivity contribution is 7.07. The van der Waals surface area contributed by atoms with E-state index in [1.54, 1.807) is 18.3 Å². The molecule has 28 heavy (non-hydrogen) atoms. The number of imide groups is 1. The molecule has 0 spiro atoms. The highest BCUT2D eigenvalue weighted by Gasteiger charge is 2.48. The number of rotatable bonds is 8. The first kappa shape index (κ1) is 20.0. The Morgan fingerprint density at radius 1 is 1.21 bits per heavy atom. The summed E-state index contributed by atoms with van der Waals surface area (Å²) in [6.07, 6.45) is 1.10. The van der Waals surface area contributed by atoms with Crippen molar-refractivity contribution < 1.29 is 14.4 Å². The summed E-state index contributed by atoms with van der Waals surface area (Å²) in [6, 6.07) is 11.2. The minimum Gasteiger partial charge on any atom is -0.322 e. The molecule has 1 aliphatic heterocycles. The fourth-order valence-electron chi connectivity index (χ4n) is 3.15. The maximum atomic E-state index is 12.8. The molecule has 0 aliphatic carbocycles. The van der Waals surface area contributed by atoms with E-state index in [-0.39, 0.29) is 6.54 Å². The van der Waals surface area contributed by atoms with Crippen molar-refractivity contribution in [3.8, 4) is 0 Å². The molecule has 0 radical (unpaired) electrons. The van der Waals surface area contributed by atoms with Crippen LogP contribution in [0.15, 0.2) is 47.2 Å². The van der Waals surface area contributed by atoms with Crippen LogP contribution < -0.4 is 10.7 Å². The lowest BCUT2D eigenvalue weighted by molar-refractivity contribution is -0.139. The molecule has 1 aliphatic rings. The van der Waals surface area contributed by atoms with E-state index >= 15 is 0 Å². The molecule has 1 atom stereocenters. The van der Waals surface area contributed by atoms with Crippen molar-refractivity contribution in [2.45, 2.75) is 31.8 Å². The highest BCUT2D eigenvalue weighted by Crippen LogP contribution is 2.22. The normalized spacial score (nSPS) is 19.2. The third-order valence-electron chi connectivity index (χ3n) is 4.70. The van der Waals surface area contributed by atoms with Gasteiger partial charge in [0.25, 0.3) is 11.8 Å². The molecule has 4 amide bonds. The van der Waals surface area contributed by atoms with E-state index in [1.165, 1.54) is 0 Å². The van der Waals surface area contributed by atoms with E-state index in [1.807, 2.05) is 59.1 Å². The van der Waals surface area contributed by atoms with E-state index in [0.29, 0.717) is 19.4 Å². The Balaban J connectivity index is 1.54. The fraction of sp³-hybridized carbons (Fsp3) is 0.350. The number of hydrogen-bond acceptors (Lipinski definition) is 5. The summed E-state index contributed by atoms with van der Waals surface area (Å²) in [4.78, 5) is 39.1. The highest BCUT2D eigenvalue weighted by atomic mass is 32.1. The monoisotopic (exact) mass is 400 g/mol. The number of amides is 4. The van der Waals surface area contributed by atoms with Gasteiger partial charge < -0.3 is 5.32 Å². The van der Waals surface area contributed by atoms with E-state index in [0.717, 1.165) is 16.1 Å². The molecule has 1 fully saturated rings. The minimum atomic E-state index is -1.04. The lowest BCUT2D eigenvalue weighted by Gasteiger charge is -2.22. The van der Waals surface area contributed by atoms with Gasteiger partial charge in [-0.2, -0.15) is 16.3 Å². The van der Waals surface area contributed by atoms with E-state index in [9.17, 15) is 14.4 Å². The molecule has 1 aromatic carbocycles. The molecule has 8 heteroatoms. The Bertz CT molecular complexity index is 840. The quantitative estimate of drug-likeness (QED) is 0.666. The number of urea groups is 1. The zero-order valence-electron chi connectivity index (χ0n) is 16.0. The van der Waals surface area contributed by atoms with Gasteiger partial charge in [0.2, 0.25) is 0 Å². The van der Waals surface area contributed by atoms with Crippen LogP contribution in [0.25, 0.3) is 0 Å². The summed E-state index contributed by atoms with van der Waals surface area (Å²) in [5, 5.41) is 7.50. The summed E-state index contributed by atoms with van der Waals surface area (Å²) in [5.74, 6) is -0.851. The molecule has 3 rings (SSSR count). The summed E-state index contributed by atoms with van der Waals surface area (Å²) in [7, 11) is 1.81. The molecule has 1 aromatic heterocycles. The number of hydrazine groups is 1. The molecular formula is C20H24N4O3S. The number of aryl methyl sites for hydroxylation is 1. The molecule has 0 saturated carbocycles. The SMILES string of the molecule is CN(CC(=O)NN1C(=O)N[C@](C)(CCc2ccccc2)C1=O)Cc1ccsc1. The summed E-state index contributed by atoms with van der Waals surface area (Å²) in [5.41, 5.74) is 3.60. The van der Waals surface area contributed by atoms with Gasteiger partial charge in [-0.1, -0.05) is 30.3 Å². The van der Waals surface area contributed by atoms with Crippen molar-refractivity contribution in [2.24, 2.45) is 0 Å². The van der Waals surface area contributed by atoms with Crippen molar-refractivity contribution in [2.75, 3.05) is 13.6 Å². The Morgan fingerprint density at radius 3 is 2.64 bits per heavy atom. The van der Waals surface area contributed by atoms with Gasteiger partial charge in [-0.05, 0) is 54.8 Å². The maximum Gasteiger partial charge on any atom is 0.344 e. The van der Waals surface area contributed by atoms with Gasteiger partial charge in [0.15, 0.2) is 0 Å². The number of nitrogens with zero attached hydrogens (tertiary/aromatic N) is 2. The number of carbonyl (C=O) groups is 3. The predicted molar refractivity (Wildman–Crippen MR) is 107 cm³/mol. The zero-order chi connectivity index (χ0) is 20.1. The van der Waals surface area contributed by atoms with Crippen LogP contribution >= 0.6 is 11.3 Å². The van der Waals surface area contributed by atoms with Gasteiger partial charge in [0, 0.05) is 6.54 Å². The second kappa shape index (κ2) is 8.53. The van der Waals surface area contributed by atoms with Gasteiger partial charge in [-0.25, -0.2) is 4.79 Å². The van der Waals surface area contributed by atoms with Crippen LogP contribution in [0.1, 0.15) is 24.5 Å². The van der Waals surface area contributed by atoms with Gasteiger partial charge in [0.1, 0.15) is 5.54 Å². The molecule has 2 N–H and O–H groups in total. The number of nitrogens with one attached hydrogen (secondary N) is 2. The Kier molecular flexibility index (Phi) is 6.11. The lowest BCUT2D eigenvalue weighted by Crippen LogP contribution is -2.51. The average molecular weight is 401 g/mol. The van der Waals surface area contributed by atoms with Crippen LogP contribution in [0.5, 0.6) is 0 Å². The zero-order valence-corrected chi connectivity index (χ0v) is 16.8. The van der Waals surface area contributed by atoms with E-state index in [4.69, 9.17) is 0 Å². The summed E-state index contributed by atoms with van der Waals surface area (Å²) >= 11 is 1.60. The van der Waals surface area contributed by atoms with Gasteiger partial charge in [-0.15, -0.1) is 0 Å².